The number of hydrogen-bond donors (Lipinski definition) is 0. The lowest BCUT2D eigenvalue weighted by molar-refractivity contribution is 0.0662. The minimum absolute atomic E-state index is 0.208. The van der Waals surface area contributed by atoms with Crippen molar-refractivity contribution < 1.29 is 9.59 Å². The molecule has 0 aliphatic carbocycles. The maximum Gasteiger partial charge on any atom is 0.262 e. The van der Waals surface area contributed by atoms with Gasteiger partial charge >= 0.3 is 0 Å². The van der Waals surface area contributed by atoms with Crippen LogP contribution < -0.4 is 0 Å². The van der Waals surface area contributed by atoms with E-state index >= 15 is 0 Å². The first-order valence-corrected chi connectivity index (χ1v) is 6.18. The quantitative estimate of drug-likeness (QED) is 0.469. The van der Waals surface area contributed by atoms with Gasteiger partial charge in [0.2, 0.25) is 0 Å². The predicted octanol–water partition coefficient (Wildman–Crippen LogP) is 1.51. The summed E-state index contributed by atoms with van der Waals surface area (Å²) >= 11 is 0. The number of rotatable bonds is 3. The molecule has 0 atom stereocenters. The van der Waals surface area contributed by atoms with E-state index in [0.717, 1.165) is 5.56 Å². The zero-order valence-electron chi connectivity index (χ0n) is 11.6. The van der Waals surface area contributed by atoms with E-state index in [1.54, 1.807) is 32.2 Å². The van der Waals surface area contributed by atoms with Gasteiger partial charge in [0, 0.05) is 26.2 Å². The van der Waals surface area contributed by atoms with Gasteiger partial charge in [0.05, 0.1) is 17.3 Å². The molecular weight excluding hydrogens is 242 g/mol. The molecule has 0 N–H and O–H groups in total. The first-order chi connectivity index (χ1) is 8.97. The average Bonchev–Trinajstić information content (AvgIpc) is 2.61. The van der Waals surface area contributed by atoms with Crippen LogP contribution in [-0.4, -0.2) is 48.6 Å². The molecule has 0 fully saturated rings. The van der Waals surface area contributed by atoms with E-state index in [4.69, 9.17) is 0 Å². The second-order valence-electron chi connectivity index (χ2n) is 4.67. The van der Waals surface area contributed by atoms with E-state index in [9.17, 15) is 9.59 Å². The number of carbonyl (C=O) groups is 2. The van der Waals surface area contributed by atoms with Gasteiger partial charge in [-0.25, -0.2) is 0 Å². The van der Waals surface area contributed by atoms with E-state index in [-0.39, 0.29) is 11.8 Å². The zero-order valence-corrected chi connectivity index (χ0v) is 11.6. The van der Waals surface area contributed by atoms with Crippen molar-refractivity contribution in [2.45, 2.75) is 13.8 Å². The van der Waals surface area contributed by atoms with E-state index in [1.165, 1.54) is 4.90 Å². The van der Waals surface area contributed by atoms with Crippen molar-refractivity contribution >= 4 is 18.0 Å². The second kappa shape index (κ2) is 4.84. The lowest BCUT2D eigenvalue weighted by atomic mass is 9.99. The van der Waals surface area contributed by atoms with E-state index in [2.05, 4.69) is 5.10 Å². The Bertz CT molecular complexity index is 576. The van der Waals surface area contributed by atoms with Gasteiger partial charge in [-0.05, 0) is 19.4 Å². The number of aryl methyl sites for hydroxylation is 1. The highest BCUT2D eigenvalue weighted by Crippen LogP contribution is 2.28. The Balaban J connectivity index is 2.59. The van der Waals surface area contributed by atoms with Crippen LogP contribution in [0.2, 0.25) is 0 Å². The molecule has 19 heavy (non-hydrogen) atoms. The van der Waals surface area contributed by atoms with Crippen LogP contribution in [0.1, 0.15) is 38.8 Å². The van der Waals surface area contributed by atoms with Gasteiger partial charge in [-0.3, -0.25) is 14.5 Å². The van der Waals surface area contributed by atoms with Gasteiger partial charge in [0.15, 0.2) is 0 Å². The number of hydrogen-bond acceptors (Lipinski definition) is 4. The Kier molecular flexibility index (Phi) is 3.38. The van der Waals surface area contributed by atoms with Crippen molar-refractivity contribution in [2.75, 3.05) is 20.6 Å². The molecule has 1 aromatic rings. The molecule has 1 heterocycles. The Morgan fingerprint density at radius 1 is 1.21 bits per heavy atom. The molecule has 0 radical (unpaired) electrons. The summed E-state index contributed by atoms with van der Waals surface area (Å²) in [6.45, 7) is 4.02. The fraction of sp³-hybridized carbons (Fsp3) is 0.357. The minimum atomic E-state index is -0.230. The molecule has 2 rings (SSSR count). The average molecular weight is 259 g/mol. The summed E-state index contributed by atoms with van der Waals surface area (Å²) in [5, 5.41) is 5.78. The van der Waals surface area contributed by atoms with E-state index in [1.807, 2.05) is 19.1 Å². The van der Waals surface area contributed by atoms with Gasteiger partial charge in [-0.2, -0.15) is 5.10 Å². The predicted molar refractivity (Wildman–Crippen MR) is 73.5 cm³/mol. The summed E-state index contributed by atoms with van der Waals surface area (Å²) in [4.78, 5) is 25.8. The molecular formula is C14H17N3O2. The standard InChI is InChI=1S/C14H17N3O2/c1-5-17-13(18)11-9(2)6-7-10(8-15-16(3)4)12(11)14(17)19/h6-8H,5H2,1-4H3. The number of benzene rings is 1. The molecule has 1 aliphatic rings. The maximum absolute atomic E-state index is 12.3. The molecule has 100 valence electrons. The van der Waals surface area contributed by atoms with Crippen molar-refractivity contribution in [3.8, 4) is 0 Å². The van der Waals surface area contributed by atoms with Crippen LogP contribution in [0, 0.1) is 6.92 Å². The third-order valence-corrected chi connectivity index (χ3v) is 3.11. The maximum atomic E-state index is 12.3. The summed E-state index contributed by atoms with van der Waals surface area (Å²) in [5.74, 6) is -0.438. The number of imide groups is 1. The van der Waals surface area contributed by atoms with Crippen LogP contribution in [0.5, 0.6) is 0 Å². The summed E-state index contributed by atoms with van der Waals surface area (Å²) < 4.78 is 0. The third-order valence-electron chi connectivity index (χ3n) is 3.11. The number of nitrogens with zero attached hydrogens (tertiary/aromatic N) is 3. The summed E-state index contributed by atoms with van der Waals surface area (Å²) in [7, 11) is 3.60. The number of fused-ring (bicyclic) bond motifs is 1. The van der Waals surface area contributed by atoms with E-state index in [0.29, 0.717) is 23.2 Å². The van der Waals surface area contributed by atoms with Crippen LogP contribution in [0.15, 0.2) is 17.2 Å². The van der Waals surface area contributed by atoms with Crippen molar-refractivity contribution in [1.29, 1.82) is 0 Å². The van der Waals surface area contributed by atoms with Crippen LogP contribution >= 0.6 is 0 Å². The second-order valence-corrected chi connectivity index (χ2v) is 4.67. The van der Waals surface area contributed by atoms with Crippen LogP contribution in [-0.2, 0) is 0 Å². The lowest BCUT2D eigenvalue weighted by Crippen LogP contribution is -2.29. The van der Waals surface area contributed by atoms with Crippen LogP contribution in [0.3, 0.4) is 0 Å². The first-order valence-electron chi connectivity index (χ1n) is 6.18. The Hall–Kier alpha value is -2.17. The van der Waals surface area contributed by atoms with Gasteiger partial charge in [-0.1, -0.05) is 12.1 Å². The molecule has 0 bridgehead atoms. The van der Waals surface area contributed by atoms with Gasteiger partial charge in [0.1, 0.15) is 0 Å². The smallest absolute Gasteiger partial charge is 0.262 e. The number of amides is 2. The van der Waals surface area contributed by atoms with Crippen molar-refractivity contribution in [3.63, 3.8) is 0 Å². The van der Waals surface area contributed by atoms with Crippen molar-refractivity contribution in [3.05, 3.63) is 34.4 Å². The SMILES string of the molecule is CCN1C(=O)c2c(C)ccc(C=NN(C)C)c2C1=O. The zero-order chi connectivity index (χ0) is 14.2. The monoisotopic (exact) mass is 259 g/mol. The fourth-order valence-corrected chi connectivity index (χ4v) is 2.16. The molecule has 0 saturated heterocycles. The molecule has 5 nitrogen and oxygen atoms in total. The number of carbonyl (C=O) groups excluding carboxylic acids is 2. The molecule has 1 aliphatic heterocycles. The summed E-state index contributed by atoms with van der Waals surface area (Å²) in [6, 6.07) is 3.67. The highest BCUT2D eigenvalue weighted by atomic mass is 16.2. The third kappa shape index (κ3) is 2.12. The Morgan fingerprint density at radius 3 is 2.42 bits per heavy atom. The molecule has 0 aromatic heterocycles. The summed E-state index contributed by atoms with van der Waals surface area (Å²) in [5.41, 5.74) is 2.49. The van der Waals surface area contributed by atoms with Crippen molar-refractivity contribution in [1.82, 2.24) is 9.91 Å². The highest BCUT2D eigenvalue weighted by molar-refractivity contribution is 6.24. The molecule has 2 amide bonds. The lowest BCUT2D eigenvalue weighted by Gasteiger charge is -2.09. The highest BCUT2D eigenvalue weighted by Gasteiger charge is 2.37. The van der Waals surface area contributed by atoms with Crippen LogP contribution in [0.25, 0.3) is 0 Å². The first kappa shape index (κ1) is 13.3. The minimum Gasteiger partial charge on any atom is -0.303 e. The van der Waals surface area contributed by atoms with Crippen LogP contribution in [0.4, 0.5) is 0 Å². The Morgan fingerprint density at radius 2 is 1.84 bits per heavy atom. The Labute approximate surface area is 112 Å². The van der Waals surface area contributed by atoms with Crippen molar-refractivity contribution in [2.24, 2.45) is 5.10 Å². The normalized spacial score (nSPS) is 14.4. The summed E-state index contributed by atoms with van der Waals surface area (Å²) in [6.07, 6.45) is 1.61. The number of hydrazone groups is 1. The molecule has 0 spiro atoms. The molecule has 5 heteroatoms. The fourth-order valence-electron chi connectivity index (χ4n) is 2.16. The van der Waals surface area contributed by atoms with Gasteiger partial charge in [0.25, 0.3) is 11.8 Å². The largest absolute Gasteiger partial charge is 0.303 e. The molecule has 1 aromatic carbocycles. The molecule has 0 saturated carbocycles. The van der Waals surface area contributed by atoms with E-state index < -0.39 is 0 Å². The van der Waals surface area contributed by atoms with Gasteiger partial charge in [-0.15, -0.1) is 0 Å². The van der Waals surface area contributed by atoms with Gasteiger partial charge < -0.3 is 5.01 Å². The molecule has 0 unspecified atom stereocenters. The topological polar surface area (TPSA) is 53.0 Å².